The van der Waals surface area contributed by atoms with Crippen molar-refractivity contribution in [3.63, 3.8) is 0 Å². The topological polar surface area (TPSA) is 88.5 Å². The molecule has 1 atom stereocenters. The van der Waals surface area contributed by atoms with Gasteiger partial charge >= 0.3 is 0 Å². The molecular formula is C21H29N3O4S. The summed E-state index contributed by atoms with van der Waals surface area (Å²) in [7, 11) is -3.71. The van der Waals surface area contributed by atoms with Gasteiger partial charge in [0.25, 0.3) is 5.56 Å². The molecule has 0 spiro atoms. The minimum atomic E-state index is -3.71. The molecule has 0 bridgehead atoms. The quantitative estimate of drug-likeness (QED) is 0.677. The molecule has 0 saturated heterocycles. The molecule has 0 unspecified atom stereocenters. The van der Waals surface area contributed by atoms with E-state index >= 15 is 0 Å². The Morgan fingerprint density at radius 2 is 1.69 bits per heavy atom. The van der Waals surface area contributed by atoms with Crippen LogP contribution in [0.25, 0.3) is 0 Å². The number of benzene rings is 1. The number of amides is 1. The zero-order valence-electron chi connectivity index (χ0n) is 17.4. The van der Waals surface area contributed by atoms with Gasteiger partial charge in [-0.05, 0) is 36.1 Å². The summed E-state index contributed by atoms with van der Waals surface area (Å²) in [5, 5.41) is 2.75. The molecule has 158 valence electrons. The average molecular weight is 420 g/mol. The number of nitrogens with one attached hydrogen (secondary N) is 1. The maximum absolute atomic E-state index is 12.7. The van der Waals surface area contributed by atoms with Crippen LogP contribution in [0, 0.1) is 0 Å². The Bertz CT molecular complexity index is 993. The molecule has 0 saturated carbocycles. The van der Waals surface area contributed by atoms with Crippen LogP contribution < -0.4 is 10.9 Å². The van der Waals surface area contributed by atoms with E-state index in [1.165, 1.54) is 28.2 Å². The lowest BCUT2D eigenvalue weighted by molar-refractivity contribution is -0.116. The third-order valence-electron chi connectivity index (χ3n) is 4.99. The molecule has 2 rings (SSSR count). The van der Waals surface area contributed by atoms with Crippen LogP contribution in [0.4, 0.5) is 5.69 Å². The van der Waals surface area contributed by atoms with Crippen LogP contribution >= 0.6 is 0 Å². The summed E-state index contributed by atoms with van der Waals surface area (Å²) < 4.78 is 27.7. The van der Waals surface area contributed by atoms with Gasteiger partial charge in [0.2, 0.25) is 15.9 Å². The van der Waals surface area contributed by atoms with Gasteiger partial charge in [0.15, 0.2) is 0 Å². The lowest BCUT2D eigenvalue weighted by Crippen LogP contribution is -2.33. The number of pyridine rings is 1. The summed E-state index contributed by atoms with van der Waals surface area (Å²) in [5.41, 5.74) is 1.38. The van der Waals surface area contributed by atoms with Crippen molar-refractivity contribution in [3.8, 4) is 0 Å². The highest BCUT2D eigenvalue weighted by atomic mass is 32.2. The third kappa shape index (κ3) is 5.55. The summed E-state index contributed by atoms with van der Waals surface area (Å²) >= 11 is 0. The first-order valence-electron chi connectivity index (χ1n) is 9.83. The van der Waals surface area contributed by atoms with Crippen LogP contribution in [-0.2, 0) is 21.4 Å². The molecule has 1 aromatic heterocycles. The second-order valence-electron chi connectivity index (χ2n) is 6.90. The molecule has 8 heteroatoms. The van der Waals surface area contributed by atoms with Crippen molar-refractivity contribution in [2.24, 2.45) is 0 Å². The van der Waals surface area contributed by atoms with Gasteiger partial charge < -0.3 is 9.88 Å². The smallest absolute Gasteiger partial charge is 0.251 e. The van der Waals surface area contributed by atoms with Gasteiger partial charge in [-0.15, -0.1) is 0 Å². The summed E-state index contributed by atoms with van der Waals surface area (Å²) in [6, 6.07) is 10.0. The fraction of sp³-hybridized carbons (Fsp3) is 0.429. The number of sulfonamides is 1. The van der Waals surface area contributed by atoms with Crippen molar-refractivity contribution in [1.82, 2.24) is 8.87 Å². The Labute approximate surface area is 172 Å². The highest BCUT2D eigenvalue weighted by Gasteiger charge is 2.22. The number of rotatable bonds is 9. The molecule has 7 nitrogen and oxygen atoms in total. The first-order chi connectivity index (χ1) is 13.7. The lowest BCUT2D eigenvalue weighted by Gasteiger charge is -2.19. The Balaban J connectivity index is 2.17. The van der Waals surface area contributed by atoms with E-state index in [9.17, 15) is 18.0 Å². The molecule has 0 radical (unpaired) electrons. The van der Waals surface area contributed by atoms with Crippen LogP contribution in [0.3, 0.4) is 0 Å². The highest BCUT2D eigenvalue weighted by Crippen LogP contribution is 2.20. The van der Waals surface area contributed by atoms with E-state index in [0.717, 1.165) is 11.0 Å². The van der Waals surface area contributed by atoms with Crippen LogP contribution in [0.1, 0.15) is 45.6 Å². The van der Waals surface area contributed by atoms with Gasteiger partial charge in [0, 0.05) is 31.0 Å². The fourth-order valence-electron chi connectivity index (χ4n) is 2.98. The molecule has 0 aliphatic heterocycles. The number of nitrogens with zero attached hydrogens (tertiary/aromatic N) is 2. The van der Waals surface area contributed by atoms with E-state index in [0.29, 0.717) is 24.7 Å². The largest absolute Gasteiger partial charge is 0.325 e. The van der Waals surface area contributed by atoms with Gasteiger partial charge in [-0.2, -0.15) is 4.31 Å². The molecule has 0 fully saturated rings. The predicted octanol–water partition coefficient (Wildman–Crippen LogP) is 3.03. The second-order valence-corrected chi connectivity index (χ2v) is 8.84. The van der Waals surface area contributed by atoms with Crippen LogP contribution in [-0.4, -0.2) is 36.3 Å². The second kappa shape index (κ2) is 9.84. The minimum absolute atomic E-state index is 0.00786. The van der Waals surface area contributed by atoms with Gasteiger partial charge in [0.1, 0.15) is 6.54 Å². The maximum atomic E-state index is 12.7. The van der Waals surface area contributed by atoms with Gasteiger partial charge in [-0.1, -0.05) is 39.8 Å². The molecular weight excluding hydrogens is 390 g/mol. The number of hydrogen-bond acceptors (Lipinski definition) is 4. The number of carbonyl (C=O) groups excluding carboxylic acids is 1. The summed E-state index contributed by atoms with van der Waals surface area (Å²) in [6.07, 6.45) is 2.25. The standard InChI is InChI=1S/C21H29N3O4S/c1-5-16(4)17-8-10-18(11-9-17)22-20(25)15-23-14-19(12-13-21(23)26)29(27,28)24(6-2)7-3/h8-14,16H,5-7,15H2,1-4H3,(H,22,25)/t16-/m0/s1. The van der Waals surface area contributed by atoms with Crippen molar-refractivity contribution >= 4 is 21.6 Å². The van der Waals surface area contributed by atoms with Gasteiger partial charge in [-0.25, -0.2) is 8.42 Å². The van der Waals surface area contributed by atoms with Gasteiger partial charge in [0.05, 0.1) is 4.90 Å². The van der Waals surface area contributed by atoms with Crippen LogP contribution in [0.2, 0.25) is 0 Å². The first-order valence-corrected chi connectivity index (χ1v) is 11.3. The molecule has 1 aromatic carbocycles. The third-order valence-corrected chi connectivity index (χ3v) is 7.02. The fourth-order valence-corrected chi connectivity index (χ4v) is 4.46. The number of anilines is 1. The zero-order valence-corrected chi connectivity index (χ0v) is 18.2. The minimum Gasteiger partial charge on any atom is -0.325 e. The maximum Gasteiger partial charge on any atom is 0.251 e. The van der Waals surface area contributed by atoms with E-state index in [-0.39, 0.29) is 11.4 Å². The summed E-state index contributed by atoms with van der Waals surface area (Å²) in [6.45, 7) is 8.13. The van der Waals surface area contributed by atoms with Gasteiger partial charge in [-0.3, -0.25) is 9.59 Å². The highest BCUT2D eigenvalue weighted by molar-refractivity contribution is 7.89. The first kappa shape index (κ1) is 22.8. The zero-order chi connectivity index (χ0) is 21.6. The number of aromatic nitrogens is 1. The Morgan fingerprint density at radius 1 is 1.07 bits per heavy atom. The van der Waals surface area contributed by atoms with E-state index in [2.05, 4.69) is 19.2 Å². The predicted molar refractivity (Wildman–Crippen MR) is 115 cm³/mol. The van der Waals surface area contributed by atoms with E-state index < -0.39 is 21.5 Å². The number of carbonyl (C=O) groups is 1. The molecule has 2 aromatic rings. The Kier molecular flexibility index (Phi) is 7.75. The van der Waals surface area contributed by atoms with E-state index in [1.54, 1.807) is 13.8 Å². The molecule has 0 aliphatic carbocycles. The molecule has 29 heavy (non-hydrogen) atoms. The number of hydrogen-bond donors (Lipinski definition) is 1. The average Bonchev–Trinajstić information content (AvgIpc) is 2.70. The van der Waals surface area contributed by atoms with Crippen molar-refractivity contribution in [2.75, 3.05) is 18.4 Å². The van der Waals surface area contributed by atoms with Crippen molar-refractivity contribution in [3.05, 3.63) is 58.5 Å². The Hall–Kier alpha value is -2.45. The summed E-state index contributed by atoms with van der Waals surface area (Å²) in [5.74, 6) is 0.0367. The van der Waals surface area contributed by atoms with Crippen LogP contribution in [0.5, 0.6) is 0 Å². The monoisotopic (exact) mass is 419 g/mol. The molecule has 0 aliphatic rings. The summed E-state index contributed by atoms with van der Waals surface area (Å²) in [4.78, 5) is 24.5. The van der Waals surface area contributed by atoms with Crippen molar-refractivity contribution < 1.29 is 13.2 Å². The molecule has 1 amide bonds. The van der Waals surface area contributed by atoms with Crippen LogP contribution in [0.15, 0.2) is 52.3 Å². The molecule has 1 heterocycles. The lowest BCUT2D eigenvalue weighted by atomic mass is 9.99. The van der Waals surface area contributed by atoms with Crippen molar-refractivity contribution in [1.29, 1.82) is 0 Å². The normalized spacial score (nSPS) is 12.7. The molecule has 1 N–H and O–H groups in total. The Morgan fingerprint density at radius 3 is 2.24 bits per heavy atom. The SMILES string of the molecule is CC[C@H](C)c1ccc(NC(=O)Cn2cc(S(=O)(=O)N(CC)CC)ccc2=O)cc1. The van der Waals surface area contributed by atoms with E-state index in [4.69, 9.17) is 0 Å². The van der Waals surface area contributed by atoms with Crippen molar-refractivity contribution in [2.45, 2.75) is 51.5 Å². The van der Waals surface area contributed by atoms with E-state index in [1.807, 2.05) is 24.3 Å².